The third-order valence-electron chi connectivity index (χ3n) is 9.76. The molecule has 9 rings (SSSR count). The van der Waals surface area contributed by atoms with Gasteiger partial charge in [-0.1, -0.05) is 59.6 Å². The minimum absolute atomic E-state index is 0.0441. The monoisotopic (exact) mass is 1050 g/mol. The summed E-state index contributed by atoms with van der Waals surface area (Å²) >= 11 is 9.94. The van der Waals surface area contributed by atoms with Gasteiger partial charge in [-0.3, -0.25) is 14.0 Å². The Balaban J connectivity index is 0.000000174. The topological polar surface area (TPSA) is 211 Å². The summed E-state index contributed by atoms with van der Waals surface area (Å²) in [6.45, 7) is -2.74. The van der Waals surface area contributed by atoms with Gasteiger partial charge in [0.2, 0.25) is 11.8 Å². The van der Waals surface area contributed by atoms with Gasteiger partial charge >= 0.3 is 12.4 Å². The largest absolute Gasteiger partial charge is 0.768 e. The number of anilines is 1. The molecule has 1 unspecified atom stereocenters. The summed E-state index contributed by atoms with van der Waals surface area (Å²) in [4.78, 5) is 41.3. The minimum atomic E-state index is -4.38. The van der Waals surface area contributed by atoms with E-state index in [-0.39, 0.29) is 17.3 Å². The average Bonchev–Trinajstić information content (AvgIpc) is 3.96. The second-order valence-corrected chi connectivity index (χ2v) is 17.1. The second kappa shape index (κ2) is 25.6. The number of hydrogen-bond donors (Lipinski definition) is 3. The van der Waals surface area contributed by atoms with Crippen molar-refractivity contribution in [3.05, 3.63) is 190 Å². The van der Waals surface area contributed by atoms with Crippen molar-refractivity contribution in [1.82, 2.24) is 39.9 Å². The van der Waals surface area contributed by atoms with E-state index in [0.29, 0.717) is 46.3 Å². The number of halogens is 8. The van der Waals surface area contributed by atoms with Crippen LogP contribution in [0.15, 0.2) is 145 Å². The van der Waals surface area contributed by atoms with Crippen molar-refractivity contribution in [2.75, 3.05) is 18.9 Å². The molecule has 4 N–H and O–H groups in total. The van der Waals surface area contributed by atoms with E-state index in [2.05, 4.69) is 49.3 Å². The fourth-order valence-corrected chi connectivity index (χ4v) is 7.05. The molecule has 14 nitrogen and oxygen atoms in total. The molecular formula is C49H40Cl2F6N9O5S-. The highest BCUT2D eigenvalue weighted by Crippen LogP contribution is 2.25. The molecule has 0 spiro atoms. The van der Waals surface area contributed by atoms with Gasteiger partial charge in [-0.05, 0) is 94.2 Å². The van der Waals surface area contributed by atoms with Gasteiger partial charge in [-0.15, -0.1) is 0 Å². The molecule has 72 heavy (non-hydrogen) atoms. The Morgan fingerprint density at radius 1 is 0.611 bits per heavy atom. The summed E-state index contributed by atoms with van der Waals surface area (Å²) in [6.07, 6.45) is 8.04. The lowest BCUT2D eigenvalue weighted by molar-refractivity contribution is -0.154. The SMILES string of the molecule is FC(F)(F)COc1ccc(CCc2ccc(Cc3c[nH]c4ncc(Cl)cc34)cn2)cn1.Nc1ccc(Cc2c[nH]c3ncc(Cl)cc23)cn1.O=Cc1ccc(OCC(F)(F)F)nc1.O=S([O-])c1ccccc1. The number of ether oxygens (including phenoxy) is 2. The molecule has 8 aromatic heterocycles. The summed E-state index contributed by atoms with van der Waals surface area (Å²) < 4.78 is 101. The Kier molecular flexibility index (Phi) is 19.2. The van der Waals surface area contributed by atoms with Gasteiger partial charge in [-0.25, -0.2) is 24.9 Å². The summed E-state index contributed by atoms with van der Waals surface area (Å²) in [5.41, 5.74) is 13.7. The average molecular weight is 1050 g/mol. The number of nitrogen functional groups attached to an aromatic ring is 1. The number of fused-ring (bicyclic) bond motifs is 2. The zero-order chi connectivity index (χ0) is 51.7. The van der Waals surface area contributed by atoms with Gasteiger partial charge in [-0.2, -0.15) is 26.3 Å². The summed E-state index contributed by atoms with van der Waals surface area (Å²) in [5, 5.41) is 3.26. The van der Waals surface area contributed by atoms with Crippen LogP contribution >= 0.6 is 23.2 Å². The van der Waals surface area contributed by atoms with Crippen LogP contribution in [0.4, 0.5) is 32.2 Å². The van der Waals surface area contributed by atoms with Crippen LogP contribution in [0.1, 0.15) is 43.9 Å². The highest BCUT2D eigenvalue weighted by molar-refractivity contribution is 7.79. The molecule has 0 bridgehead atoms. The number of hydrogen-bond acceptors (Lipinski definition) is 12. The quantitative estimate of drug-likeness (QED) is 0.0559. The van der Waals surface area contributed by atoms with Crippen molar-refractivity contribution in [3.8, 4) is 11.8 Å². The van der Waals surface area contributed by atoms with E-state index >= 15 is 0 Å². The molecular weight excluding hydrogens is 1010 g/mol. The number of nitrogens with two attached hydrogens (primary N) is 1. The molecule has 23 heteroatoms. The van der Waals surface area contributed by atoms with Gasteiger partial charge in [0.15, 0.2) is 19.5 Å². The molecule has 0 fully saturated rings. The van der Waals surface area contributed by atoms with Gasteiger partial charge in [0.25, 0.3) is 0 Å². The van der Waals surface area contributed by atoms with E-state index in [0.717, 1.165) is 68.2 Å². The first-order chi connectivity index (χ1) is 34.4. The maximum atomic E-state index is 12.2. The Morgan fingerprint density at radius 3 is 1.56 bits per heavy atom. The van der Waals surface area contributed by atoms with Crippen LogP contribution in [0.3, 0.4) is 0 Å². The fraction of sp³-hybridized carbons (Fsp3) is 0.163. The van der Waals surface area contributed by atoms with Gasteiger partial charge < -0.3 is 29.7 Å². The number of benzene rings is 1. The van der Waals surface area contributed by atoms with Crippen LogP contribution in [0.5, 0.6) is 11.8 Å². The van der Waals surface area contributed by atoms with Gasteiger partial charge in [0.05, 0.1) is 10.0 Å². The van der Waals surface area contributed by atoms with Gasteiger partial charge in [0.1, 0.15) is 17.1 Å². The predicted molar refractivity (Wildman–Crippen MR) is 259 cm³/mol. The fourth-order valence-electron chi connectivity index (χ4n) is 6.35. The van der Waals surface area contributed by atoms with E-state index in [1.165, 1.54) is 24.4 Å². The Morgan fingerprint density at radius 2 is 1.12 bits per heavy atom. The lowest BCUT2D eigenvalue weighted by Crippen LogP contribution is -2.19. The standard InChI is InChI=1S/C22H18ClF3N4O.C13H11ClN4.C8H6F3NO2.C6H6O2S/c23-17-8-19-16(11-29-21(19)30-12-17)7-15-2-5-18(27-10-15)4-1-14-3-6-20(28-9-14)31-13-22(24,25)26;14-10-4-11-9(6-17-13(11)18-7-10)3-8-1-2-12(15)16-5-8;9-8(10,11)5-14-7-2-1-6(4-13)3-12-7;7-9(8)6-4-2-1-3-5-6/h2-3,5-6,8-12H,1,4,7,13H2,(H,29,30);1-2,4-7H,3H2,(H2,15,16)(H,17,18);1-4H,5H2;1-5H,(H,7,8)/p-1. The van der Waals surface area contributed by atoms with Crippen LogP contribution in [0.25, 0.3) is 22.1 Å². The highest BCUT2D eigenvalue weighted by atomic mass is 35.5. The predicted octanol–water partition coefficient (Wildman–Crippen LogP) is 10.9. The first kappa shape index (κ1) is 53.9. The number of aldehydes is 1. The Bertz CT molecular complexity index is 3150. The summed E-state index contributed by atoms with van der Waals surface area (Å²) in [6, 6.07) is 25.5. The molecule has 0 aliphatic heterocycles. The molecule has 1 aromatic carbocycles. The molecule has 374 valence electrons. The molecule has 1 atom stereocenters. The minimum Gasteiger partial charge on any atom is -0.768 e. The lowest BCUT2D eigenvalue weighted by atomic mass is 10.1. The lowest BCUT2D eigenvalue weighted by Gasteiger charge is -2.08. The maximum absolute atomic E-state index is 12.2. The van der Waals surface area contributed by atoms with E-state index < -0.39 is 36.6 Å². The number of aromatic nitrogens is 8. The first-order valence-electron chi connectivity index (χ1n) is 21.2. The first-order valence-corrected chi connectivity index (χ1v) is 23.0. The number of aryl methyl sites for hydroxylation is 2. The number of H-pyrrole nitrogens is 2. The number of rotatable bonds is 13. The zero-order valence-electron chi connectivity index (χ0n) is 37.3. The molecule has 0 saturated carbocycles. The number of nitrogens with zero attached hydrogens (tertiary/aromatic N) is 6. The van der Waals surface area contributed by atoms with E-state index in [4.69, 9.17) is 28.9 Å². The smallest absolute Gasteiger partial charge is 0.422 e. The number of aromatic amines is 2. The van der Waals surface area contributed by atoms with Crippen molar-refractivity contribution in [2.24, 2.45) is 0 Å². The van der Waals surface area contributed by atoms with Crippen molar-refractivity contribution >= 4 is 68.5 Å². The van der Waals surface area contributed by atoms with Crippen molar-refractivity contribution in [1.29, 1.82) is 0 Å². The molecule has 9 aromatic rings. The van der Waals surface area contributed by atoms with E-state index in [1.54, 1.807) is 61.1 Å². The summed E-state index contributed by atoms with van der Waals surface area (Å²) in [7, 11) is 0. The summed E-state index contributed by atoms with van der Waals surface area (Å²) in [5.74, 6) is 0.327. The third kappa shape index (κ3) is 17.7. The zero-order valence-corrected chi connectivity index (χ0v) is 39.7. The second-order valence-electron chi connectivity index (χ2n) is 15.2. The van der Waals surface area contributed by atoms with Crippen LogP contribution in [0.2, 0.25) is 10.0 Å². The Labute approximate surface area is 419 Å². The van der Waals surface area contributed by atoms with Crippen LogP contribution in [0, 0.1) is 0 Å². The van der Waals surface area contributed by atoms with E-state index in [1.807, 2.05) is 48.9 Å². The Hall–Kier alpha value is -7.46. The van der Waals surface area contributed by atoms with Crippen LogP contribution < -0.4 is 15.2 Å². The molecule has 0 saturated heterocycles. The molecule has 0 radical (unpaired) electrons. The van der Waals surface area contributed by atoms with Crippen molar-refractivity contribution in [3.63, 3.8) is 0 Å². The number of alkyl halides is 6. The normalized spacial score (nSPS) is 11.6. The number of carbonyl (C=O) groups excluding carboxylic acids is 1. The van der Waals surface area contributed by atoms with Gasteiger partial charge in [0, 0.05) is 101 Å². The molecule has 0 aliphatic rings. The molecule has 8 heterocycles. The van der Waals surface area contributed by atoms with Crippen LogP contribution in [-0.4, -0.2) is 80.5 Å². The van der Waals surface area contributed by atoms with Crippen molar-refractivity contribution in [2.45, 2.75) is 42.9 Å². The molecule has 0 aliphatic carbocycles. The number of nitrogens with one attached hydrogen (secondary N) is 2. The number of pyridine rings is 6. The third-order valence-corrected chi connectivity index (χ3v) is 10.8. The van der Waals surface area contributed by atoms with Crippen molar-refractivity contribution < 1.29 is 49.4 Å². The van der Waals surface area contributed by atoms with Crippen LogP contribution in [-0.2, 0) is 36.8 Å². The maximum Gasteiger partial charge on any atom is 0.422 e. The number of carbonyl (C=O) groups is 1. The molecule has 0 amide bonds. The highest BCUT2D eigenvalue weighted by Gasteiger charge is 2.29. The van der Waals surface area contributed by atoms with E-state index in [9.17, 15) is 39.9 Å².